The third-order valence-corrected chi connectivity index (χ3v) is 15.2. The average Bonchev–Trinajstić information content (AvgIpc) is 4.06. The SMILES string of the molecule is C[Si](C)(C)c1ccc(-c2[c-]cccc2)nc1.[2H]C([2H])([2H])c1c[c-]c(-c2nc3ccc4ccccc4c3n2-c2c(C(C)C)cc(-c3ccccc3)cc2C(C)C)c2oc3cc4c(cc3c12)oc1ccccc14.[Ir]. The third kappa shape index (κ3) is 8.22. The molecular formula is C62H53IrN3O2Si-2. The van der Waals surface area contributed by atoms with Crippen LogP contribution < -0.4 is 5.19 Å². The number of nitrogens with zero attached hydrogens (tertiary/aromatic N) is 3. The molecule has 0 saturated heterocycles. The van der Waals surface area contributed by atoms with Gasteiger partial charge in [0.05, 0.1) is 30.5 Å². The fraction of sp³-hybridized carbons (Fsp3) is 0.161. The van der Waals surface area contributed by atoms with Gasteiger partial charge in [-0.25, -0.2) is 0 Å². The molecule has 0 aliphatic rings. The molecule has 0 amide bonds. The standard InChI is InChI=1S/C48H37N2O2.C14H16NSi.Ir/c1-27(2)36-23-32(30-13-7-6-8-14-30)24-37(28(3)4)45(36)50-46-33-16-10-9-15-31(33)20-22-40(46)49-48(50)35-21-19-29(5)44-39-26-42-38(25-43(39)52-47(35)44)34-17-11-12-18-41(34)51-42;1-16(2,3)13-9-10-14(15-11-13)12-7-5-4-6-8-12;/h6-20,22-28H,1-5H3;4-7,9-11H,1-3H3;/q2*-1;/i5D3;;. The van der Waals surface area contributed by atoms with E-state index in [-0.39, 0.29) is 37.5 Å². The first kappa shape index (κ1) is 42.2. The van der Waals surface area contributed by atoms with Crippen LogP contribution in [0.5, 0.6) is 0 Å². The van der Waals surface area contributed by atoms with Crippen LogP contribution in [0.25, 0.3) is 105 Å². The number of imidazole rings is 1. The number of hydrogen-bond acceptors (Lipinski definition) is 4. The maximum absolute atomic E-state index is 8.62. The largest absolute Gasteiger partial charge is 0.501 e. The number of aryl methyl sites for hydroxylation is 1. The molecule has 12 aromatic rings. The molecule has 1 radical (unpaired) electrons. The molecule has 0 saturated carbocycles. The fourth-order valence-corrected chi connectivity index (χ4v) is 10.6. The van der Waals surface area contributed by atoms with E-state index in [1.165, 1.54) is 16.3 Å². The Bertz CT molecular complexity index is 3930. The Morgan fingerprint density at radius 2 is 1.33 bits per heavy atom. The van der Waals surface area contributed by atoms with Crippen molar-refractivity contribution in [2.45, 2.75) is 66.0 Å². The first-order valence-electron chi connectivity index (χ1n) is 24.9. The smallest absolute Gasteiger partial charge is 0.136 e. The normalized spacial score (nSPS) is 12.7. The van der Waals surface area contributed by atoms with Gasteiger partial charge in [-0.2, -0.15) is 0 Å². The molecule has 0 bridgehead atoms. The van der Waals surface area contributed by atoms with Gasteiger partial charge in [-0.1, -0.05) is 156 Å². The number of fused-ring (bicyclic) bond motifs is 9. The van der Waals surface area contributed by atoms with Crippen LogP contribution in [0.1, 0.15) is 60.3 Å². The van der Waals surface area contributed by atoms with E-state index in [4.69, 9.17) is 17.9 Å². The van der Waals surface area contributed by atoms with Gasteiger partial charge in [-0.3, -0.25) is 4.98 Å². The molecule has 4 heterocycles. The molecular weight excluding hydrogens is 1040 g/mol. The maximum Gasteiger partial charge on any atom is 0.136 e. The number of para-hydroxylation sites is 1. The van der Waals surface area contributed by atoms with E-state index in [9.17, 15) is 0 Å². The van der Waals surface area contributed by atoms with Crippen LogP contribution >= 0.6 is 0 Å². The molecule has 8 aromatic carbocycles. The van der Waals surface area contributed by atoms with Crippen LogP contribution in [-0.4, -0.2) is 22.6 Å². The van der Waals surface area contributed by atoms with Crippen LogP contribution in [0.2, 0.25) is 19.6 Å². The summed E-state index contributed by atoms with van der Waals surface area (Å²) < 4.78 is 41.3. The summed E-state index contributed by atoms with van der Waals surface area (Å²) in [6.45, 7) is 13.5. The second kappa shape index (κ2) is 18.2. The van der Waals surface area contributed by atoms with Crippen molar-refractivity contribution < 1.29 is 33.1 Å². The van der Waals surface area contributed by atoms with Crippen LogP contribution in [-0.2, 0) is 20.1 Å². The van der Waals surface area contributed by atoms with E-state index >= 15 is 0 Å². The van der Waals surface area contributed by atoms with Gasteiger partial charge in [0, 0.05) is 57.6 Å². The Morgan fingerprint density at radius 1 is 0.638 bits per heavy atom. The summed E-state index contributed by atoms with van der Waals surface area (Å²) in [5.41, 5.74) is 12.8. The van der Waals surface area contributed by atoms with Crippen LogP contribution in [0, 0.1) is 19.0 Å². The Morgan fingerprint density at radius 3 is 2.03 bits per heavy atom. The number of rotatable bonds is 7. The fourth-order valence-electron chi connectivity index (χ4n) is 9.60. The molecule has 0 N–H and O–H groups in total. The second-order valence-electron chi connectivity index (χ2n) is 19.4. The van der Waals surface area contributed by atoms with Crippen molar-refractivity contribution in [2.24, 2.45) is 0 Å². The van der Waals surface area contributed by atoms with Gasteiger partial charge in [0.25, 0.3) is 0 Å². The van der Waals surface area contributed by atoms with Crippen molar-refractivity contribution in [3.8, 4) is 39.5 Å². The molecule has 0 unspecified atom stereocenters. The van der Waals surface area contributed by atoms with Gasteiger partial charge in [0.15, 0.2) is 0 Å². The number of aromatic nitrogens is 3. The quantitative estimate of drug-likeness (QED) is 0.118. The Labute approximate surface area is 422 Å². The predicted octanol–water partition coefficient (Wildman–Crippen LogP) is 16.8. The van der Waals surface area contributed by atoms with Gasteiger partial charge >= 0.3 is 0 Å². The van der Waals surface area contributed by atoms with Crippen molar-refractivity contribution in [3.05, 3.63) is 193 Å². The molecule has 0 fully saturated rings. The number of hydrogen-bond donors (Lipinski definition) is 0. The van der Waals surface area contributed by atoms with Crippen molar-refractivity contribution in [1.29, 1.82) is 0 Å². The summed E-state index contributed by atoms with van der Waals surface area (Å²) in [5.74, 6) is 0.961. The molecule has 0 atom stereocenters. The monoisotopic (exact) mass is 1100 g/mol. The molecule has 5 nitrogen and oxygen atoms in total. The summed E-state index contributed by atoms with van der Waals surface area (Å²) >= 11 is 0. The summed E-state index contributed by atoms with van der Waals surface area (Å²) in [5, 5.41) is 6.64. The molecule has 343 valence electrons. The Hall–Kier alpha value is -6.89. The van der Waals surface area contributed by atoms with E-state index < -0.39 is 14.9 Å². The van der Waals surface area contributed by atoms with Crippen LogP contribution in [0.3, 0.4) is 0 Å². The Balaban J connectivity index is 0.000000300. The molecule has 0 aliphatic carbocycles. The molecule has 4 aromatic heterocycles. The Kier molecular flexibility index (Phi) is 11.1. The zero-order valence-corrected chi connectivity index (χ0v) is 43.1. The van der Waals surface area contributed by atoms with Gasteiger partial charge in [-0.05, 0) is 86.8 Å². The predicted molar refractivity (Wildman–Crippen MR) is 287 cm³/mol. The van der Waals surface area contributed by atoms with E-state index in [0.29, 0.717) is 38.9 Å². The first-order chi connectivity index (χ1) is 34.1. The van der Waals surface area contributed by atoms with Gasteiger partial charge in [0.2, 0.25) is 0 Å². The zero-order chi connectivity index (χ0) is 49.3. The number of benzene rings is 8. The minimum Gasteiger partial charge on any atom is -0.501 e. The van der Waals surface area contributed by atoms with Crippen molar-refractivity contribution in [3.63, 3.8) is 0 Å². The average molecular weight is 1100 g/mol. The topological polar surface area (TPSA) is 57.0 Å². The molecule has 12 rings (SSSR count). The van der Waals surface area contributed by atoms with Crippen molar-refractivity contribution in [2.75, 3.05) is 0 Å². The van der Waals surface area contributed by atoms with Crippen LogP contribution in [0.15, 0.2) is 173 Å². The third-order valence-electron chi connectivity index (χ3n) is 13.2. The number of furan rings is 2. The summed E-state index contributed by atoms with van der Waals surface area (Å²) in [6.07, 6.45) is 2.02. The summed E-state index contributed by atoms with van der Waals surface area (Å²) in [6, 6.07) is 60.0. The van der Waals surface area contributed by atoms with Crippen molar-refractivity contribution >= 4 is 78.9 Å². The van der Waals surface area contributed by atoms with Gasteiger partial charge < -0.3 is 18.4 Å². The van der Waals surface area contributed by atoms with E-state index in [1.54, 1.807) is 6.07 Å². The van der Waals surface area contributed by atoms with E-state index in [1.807, 2.05) is 72.9 Å². The summed E-state index contributed by atoms with van der Waals surface area (Å²) in [7, 11) is -1.23. The minimum atomic E-state index is -2.42. The molecule has 0 aliphatic heterocycles. The molecule has 69 heavy (non-hydrogen) atoms. The number of pyridine rings is 1. The van der Waals surface area contributed by atoms with Gasteiger partial charge in [-0.15, -0.1) is 53.6 Å². The van der Waals surface area contributed by atoms with E-state index in [0.717, 1.165) is 66.2 Å². The van der Waals surface area contributed by atoms with Crippen LogP contribution in [0.4, 0.5) is 0 Å². The van der Waals surface area contributed by atoms with Crippen molar-refractivity contribution in [1.82, 2.24) is 14.5 Å². The summed E-state index contributed by atoms with van der Waals surface area (Å²) in [4.78, 5) is 9.92. The zero-order valence-electron chi connectivity index (χ0n) is 42.7. The molecule has 7 heteroatoms. The first-order valence-corrected chi connectivity index (χ1v) is 26.9. The maximum atomic E-state index is 8.62. The minimum absolute atomic E-state index is 0. The second-order valence-corrected chi connectivity index (χ2v) is 24.5. The molecule has 0 spiro atoms. The van der Waals surface area contributed by atoms with Gasteiger partial charge in [0.1, 0.15) is 16.7 Å². The van der Waals surface area contributed by atoms with E-state index in [2.05, 4.69) is 154 Å².